The van der Waals surface area contributed by atoms with Crippen molar-refractivity contribution in [2.45, 2.75) is 51.5 Å². The van der Waals surface area contributed by atoms with Crippen molar-refractivity contribution in [1.29, 1.82) is 0 Å². The molecule has 1 saturated carbocycles. The van der Waals surface area contributed by atoms with Gasteiger partial charge in [-0.15, -0.1) is 0 Å². The number of nitrogens with zero attached hydrogens (tertiary/aromatic N) is 2. The zero-order chi connectivity index (χ0) is 16.8. The summed E-state index contributed by atoms with van der Waals surface area (Å²) in [5.41, 5.74) is 0. The van der Waals surface area contributed by atoms with Crippen LogP contribution in [0.1, 0.15) is 45.4 Å². The van der Waals surface area contributed by atoms with E-state index in [0.717, 1.165) is 45.2 Å². The monoisotopic (exact) mass is 330 g/mol. The van der Waals surface area contributed by atoms with Crippen molar-refractivity contribution < 1.29 is 14.4 Å². The summed E-state index contributed by atoms with van der Waals surface area (Å²) in [6, 6.07) is -0.604. The van der Waals surface area contributed by atoms with Crippen LogP contribution in [0.15, 0.2) is 12.2 Å². The maximum atomic E-state index is 13.0. The minimum absolute atomic E-state index is 0.0298. The summed E-state index contributed by atoms with van der Waals surface area (Å²) in [5, 5.41) is 0. The van der Waals surface area contributed by atoms with Crippen molar-refractivity contribution in [3.63, 3.8) is 0 Å². The van der Waals surface area contributed by atoms with E-state index in [-0.39, 0.29) is 41.4 Å². The fraction of sp³-hybridized carbons (Fsp3) is 0.737. The van der Waals surface area contributed by atoms with Gasteiger partial charge in [-0.1, -0.05) is 19.1 Å². The van der Waals surface area contributed by atoms with Crippen LogP contribution >= 0.6 is 0 Å². The van der Waals surface area contributed by atoms with Crippen molar-refractivity contribution in [3.05, 3.63) is 12.2 Å². The molecule has 5 atom stereocenters. The standard InChI is InChI=1S/C19H26N2O3/c1-2-14(17(22)20-10-4-3-5-11-20)21-18(23)15-12-6-7-13(9-8-12)16(15)19(21)24/h6-7,12-16H,2-5,8-11H2,1H3/t12-,13-,14+,15+,16+/m0/s1. The number of hydrogen-bond donors (Lipinski definition) is 0. The number of allylic oxidation sites excluding steroid dienone is 2. The van der Waals surface area contributed by atoms with Crippen molar-refractivity contribution in [2.75, 3.05) is 13.1 Å². The van der Waals surface area contributed by atoms with Crippen LogP contribution in [0.3, 0.4) is 0 Å². The molecule has 5 rings (SSSR count). The van der Waals surface area contributed by atoms with Crippen LogP contribution in [0.2, 0.25) is 0 Å². The number of fused-ring (bicyclic) bond motifs is 1. The molecule has 2 heterocycles. The highest BCUT2D eigenvalue weighted by Gasteiger charge is 2.58. The minimum Gasteiger partial charge on any atom is -0.341 e. The Balaban J connectivity index is 1.59. The van der Waals surface area contributed by atoms with Crippen LogP contribution < -0.4 is 0 Å². The SMILES string of the molecule is CC[C@H](C(=O)N1CCCCC1)N1C(=O)[C@H]2[C@H](C1=O)[C@H]1C=C[C@H]2CC1. The van der Waals surface area contributed by atoms with E-state index in [9.17, 15) is 14.4 Å². The second kappa shape index (κ2) is 6.01. The summed E-state index contributed by atoms with van der Waals surface area (Å²) in [7, 11) is 0. The summed E-state index contributed by atoms with van der Waals surface area (Å²) in [6.45, 7) is 3.42. The lowest BCUT2D eigenvalue weighted by Gasteiger charge is -2.38. The van der Waals surface area contributed by atoms with E-state index in [0.29, 0.717) is 6.42 Å². The third-order valence-corrected chi connectivity index (χ3v) is 6.44. The van der Waals surface area contributed by atoms with Gasteiger partial charge >= 0.3 is 0 Å². The van der Waals surface area contributed by atoms with E-state index in [1.807, 2.05) is 11.8 Å². The number of rotatable bonds is 3. The zero-order valence-corrected chi connectivity index (χ0v) is 14.3. The predicted octanol–water partition coefficient (Wildman–Crippen LogP) is 1.97. The van der Waals surface area contributed by atoms with E-state index in [1.165, 1.54) is 4.90 Å². The highest BCUT2D eigenvalue weighted by molar-refractivity contribution is 6.09. The number of imide groups is 1. The van der Waals surface area contributed by atoms with Crippen LogP contribution in [0, 0.1) is 23.7 Å². The van der Waals surface area contributed by atoms with Gasteiger partial charge in [-0.3, -0.25) is 19.3 Å². The Kier molecular flexibility index (Phi) is 3.97. The topological polar surface area (TPSA) is 57.7 Å². The van der Waals surface area contributed by atoms with Crippen LogP contribution in [-0.2, 0) is 14.4 Å². The molecule has 3 amide bonds. The third kappa shape index (κ3) is 2.24. The molecule has 5 heteroatoms. The van der Waals surface area contributed by atoms with Crippen molar-refractivity contribution in [2.24, 2.45) is 23.7 Å². The molecule has 3 fully saturated rings. The summed E-state index contributed by atoms with van der Waals surface area (Å²) >= 11 is 0. The molecule has 0 aromatic carbocycles. The molecule has 2 aliphatic heterocycles. The highest BCUT2D eigenvalue weighted by Crippen LogP contribution is 2.50. The van der Waals surface area contributed by atoms with Crippen molar-refractivity contribution in [3.8, 4) is 0 Å². The van der Waals surface area contributed by atoms with Gasteiger partial charge in [0, 0.05) is 13.1 Å². The lowest BCUT2D eigenvalue weighted by Crippen LogP contribution is -2.52. The molecule has 0 spiro atoms. The van der Waals surface area contributed by atoms with E-state index in [1.54, 1.807) is 0 Å². The quantitative estimate of drug-likeness (QED) is 0.587. The van der Waals surface area contributed by atoms with E-state index < -0.39 is 6.04 Å². The number of carbonyl (C=O) groups excluding carboxylic acids is 3. The average Bonchev–Trinajstić information content (AvgIpc) is 2.91. The smallest absolute Gasteiger partial charge is 0.245 e. The zero-order valence-electron chi connectivity index (χ0n) is 14.3. The number of amides is 3. The van der Waals surface area contributed by atoms with E-state index >= 15 is 0 Å². The lowest BCUT2D eigenvalue weighted by atomic mass is 9.63. The van der Waals surface area contributed by atoms with Crippen LogP contribution in [-0.4, -0.2) is 46.7 Å². The number of likely N-dealkylation sites (tertiary alicyclic amines) is 2. The molecule has 2 saturated heterocycles. The van der Waals surface area contributed by atoms with Crippen LogP contribution in [0.4, 0.5) is 0 Å². The molecule has 5 nitrogen and oxygen atoms in total. The molecule has 130 valence electrons. The molecule has 0 radical (unpaired) electrons. The largest absolute Gasteiger partial charge is 0.341 e. The first-order valence-corrected chi connectivity index (χ1v) is 9.47. The van der Waals surface area contributed by atoms with Gasteiger partial charge in [0.05, 0.1) is 11.8 Å². The predicted molar refractivity (Wildman–Crippen MR) is 88.7 cm³/mol. The summed E-state index contributed by atoms with van der Waals surface area (Å²) < 4.78 is 0. The first-order chi connectivity index (χ1) is 11.6. The van der Waals surface area contributed by atoms with Gasteiger partial charge in [-0.05, 0) is 50.4 Å². The first-order valence-electron chi connectivity index (χ1n) is 9.47. The summed E-state index contributed by atoms with van der Waals surface area (Å²) in [4.78, 5) is 42.2. The fourth-order valence-electron chi connectivity index (χ4n) is 5.20. The van der Waals surface area contributed by atoms with Crippen LogP contribution in [0.5, 0.6) is 0 Å². The Labute approximate surface area is 143 Å². The van der Waals surface area contributed by atoms with Gasteiger partial charge in [0.2, 0.25) is 17.7 Å². The summed E-state index contributed by atoms with van der Waals surface area (Å²) in [6.07, 6.45) is 9.93. The molecule has 0 N–H and O–H groups in total. The maximum absolute atomic E-state index is 13.0. The Bertz CT molecular complexity index is 561. The first kappa shape index (κ1) is 15.9. The average molecular weight is 330 g/mol. The van der Waals surface area contributed by atoms with Crippen molar-refractivity contribution in [1.82, 2.24) is 9.80 Å². The molecular weight excluding hydrogens is 304 g/mol. The molecule has 5 aliphatic rings. The molecule has 2 bridgehead atoms. The second-order valence-electron chi connectivity index (χ2n) is 7.70. The molecule has 0 unspecified atom stereocenters. The molecule has 3 aliphatic carbocycles. The second-order valence-corrected chi connectivity index (χ2v) is 7.70. The number of carbonyl (C=O) groups is 3. The Morgan fingerprint density at radius 1 is 1.04 bits per heavy atom. The van der Waals surface area contributed by atoms with Gasteiger partial charge in [0.25, 0.3) is 0 Å². The van der Waals surface area contributed by atoms with E-state index in [2.05, 4.69) is 12.2 Å². The van der Waals surface area contributed by atoms with Gasteiger partial charge in [0.15, 0.2) is 0 Å². The molecule has 0 aromatic heterocycles. The maximum Gasteiger partial charge on any atom is 0.245 e. The van der Waals surface area contributed by atoms with E-state index in [4.69, 9.17) is 0 Å². The normalized spacial score (nSPS) is 36.2. The Morgan fingerprint density at radius 3 is 2.04 bits per heavy atom. The third-order valence-electron chi connectivity index (χ3n) is 6.44. The lowest BCUT2D eigenvalue weighted by molar-refractivity contribution is -0.152. The molecule has 24 heavy (non-hydrogen) atoms. The van der Waals surface area contributed by atoms with Gasteiger partial charge in [0.1, 0.15) is 6.04 Å². The van der Waals surface area contributed by atoms with Crippen molar-refractivity contribution >= 4 is 17.7 Å². The van der Waals surface area contributed by atoms with Gasteiger partial charge in [-0.25, -0.2) is 0 Å². The van der Waals surface area contributed by atoms with Crippen LogP contribution in [0.25, 0.3) is 0 Å². The number of hydrogen-bond acceptors (Lipinski definition) is 3. The van der Waals surface area contributed by atoms with Gasteiger partial charge < -0.3 is 4.90 Å². The molecule has 0 aromatic rings. The Hall–Kier alpha value is -1.65. The summed E-state index contributed by atoms with van der Waals surface area (Å²) in [5.74, 6) is -0.289. The van der Waals surface area contributed by atoms with Gasteiger partial charge in [-0.2, -0.15) is 0 Å². The highest BCUT2D eigenvalue weighted by atomic mass is 16.2. The molecular formula is C19H26N2O3. The number of piperidine rings is 1. The Morgan fingerprint density at radius 2 is 1.58 bits per heavy atom. The fourth-order valence-corrected chi connectivity index (χ4v) is 5.20. The minimum atomic E-state index is -0.604.